The fraction of sp³-hybridized carbons (Fsp3) is 0.824. The summed E-state index contributed by atoms with van der Waals surface area (Å²) < 4.78 is 11.0. The van der Waals surface area contributed by atoms with Crippen LogP contribution in [-0.2, 0) is 16.0 Å². The smallest absolute Gasteiger partial charge is 0.231 e. The molecule has 2 heterocycles. The molecule has 1 aromatic rings. The van der Waals surface area contributed by atoms with Crippen LogP contribution in [0.1, 0.15) is 57.2 Å². The van der Waals surface area contributed by atoms with Gasteiger partial charge in [0.25, 0.3) is 0 Å². The van der Waals surface area contributed by atoms with Crippen molar-refractivity contribution in [3.63, 3.8) is 0 Å². The number of likely N-dealkylation sites (tertiary alicyclic amines) is 1. The number of rotatable bonds is 8. The number of carbonyl (C=O) groups is 1. The van der Waals surface area contributed by atoms with E-state index in [2.05, 4.69) is 24.0 Å². The summed E-state index contributed by atoms with van der Waals surface area (Å²) in [5.74, 6) is 2.97. The van der Waals surface area contributed by atoms with Crippen LogP contribution in [0.15, 0.2) is 4.52 Å². The van der Waals surface area contributed by atoms with Crippen molar-refractivity contribution in [3.05, 3.63) is 11.7 Å². The van der Waals surface area contributed by atoms with Gasteiger partial charge in [-0.25, -0.2) is 0 Å². The molecule has 1 aliphatic heterocycles. The molecule has 1 atom stereocenters. The van der Waals surface area contributed by atoms with Crippen molar-refractivity contribution in [3.8, 4) is 0 Å². The molecule has 1 aromatic heterocycles. The van der Waals surface area contributed by atoms with Crippen molar-refractivity contribution in [2.45, 2.75) is 51.9 Å². The number of aromatic nitrogens is 2. The van der Waals surface area contributed by atoms with Gasteiger partial charge in [0, 0.05) is 32.5 Å². The Morgan fingerprint density at radius 2 is 2.22 bits per heavy atom. The zero-order valence-corrected chi connectivity index (χ0v) is 14.2. The molecule has 0 spiro atoms. The maximum absolute atomic E-state index is 12.1. The molecular weight excluding hydrogens is 294 g/mol. The molecule has 1 saturated heterocycles. The second kappa shape index (κ2) is 7.43. The van der Waals surface area contributed by atoms with Crippen molar-refractivity contribution in [2.75, 3.05) is 26.3 Å². The number of carbonyl (C=O) groups excluding carboxylic acids is 1. The van der Waals surface area contributed by atoms with E-state index in [-0.39, 0.29) is 11.8 Å². The minimum Gasteiger partial charge on any atom is -0.381 e. The molecule has 23 heavy (non-hydrogen) atoms. The Bertz CT molecular complexity index is 525. The number of amides is 1. The molecule has 6 nitrogen and oxygen atoms in total. The SMILES string of the molecule is CC(C)CC(=O)N1CCC(c2nc(CCOCC3CC3)no2)C1. The number of nitrogens with zero attached hydrogens (tertiary/aromatic N) is 3. The fourth-order valence-electron chi connectivity index (χ4n) is 2.90. The highest BCUT2D eigenvalue weighted by Gasteiger charge is 2.31. The van der Waals surface area contributed by atoms with E-state index in [0.29, 0.717) is 43.6 Å². The van der Waals surface area contributed by atoms with Crippen molar-refractivity contribution in [1.29, 1.82) is 0 Å². The first-order valence-electron chi connectivity index (χ1n) is 8.80. The van der Waals surface area contributed by atoms with Crippen molar-refractivity contribution in [2.24, 2.45) is 11.8 Å². The summed E-state index contributed by atoms with van der Waals surface area (Å²) in [7, 11) is 0. The molecule has 2 aliphatic rings. The van der Waals surface area contributed by atoms with Gasteiger partial charge in [0.1, 0.15) is 0 Å². The van der Waals surface area contributed by atoms with E-state index in [0.717, 1.165) is 25.5 Å². The number of hydrogen-bond acceptors (Lipinski definition) is 5. The van der Waals surface area contributed by atoms with E-state index in [9.17, 15) is 4.79 Å². The third-order valence-corrected chi connectivity index (χ3v) is 4.48. The van der Waals surface area contributed by atoms with Gasteiger partial charge in [-0.2, -0.15) is 4.98 Å². The lowest BCUT2D eigenvalue weighted by molar-refractivity contribution is -0.130. The van der Waals surface area contributed by atoms with Crippen LogP contribution >= 0.6 is 0 Å². The lowest BCUT2D eigenvalue weighted by Crippen LogP contribution is -2.29. The molecule has 1 unspecified atom stereocenters. The van der Waals surface area contributed by atoms with E-state index < -0.39 is 0 Å². The van der Waals surface area contributed by atoms with Gasteiger partial charge in [-0.3, -0.25) is 4.79 Å². The van der Waals surface area contributed by atoms with E-state index in [1.165, 1.54) is 12.8 Å². The summed E-state index contributed by atoms with van der Waals surface area (Å²) in [4.78, 5) is 18.5. The molecule has 1 amide bonds. The van der Waals surface area contributed by atoms with Crippen molar-refractivity contribution < 1.29 is 14.1 Å². The van der Waals surface area contributed by atoms with Gasteiger partial charge in [0.05, 0.1) is 12.5 Å². The molecule has 128 valence electrons. The van der Waals surface area contributed by atoms with Crippen LogP contribution in [0.4, 0.5) is 0 Å². The van der Waals surface area contributed by atoms with Gasteiger partial charge in [-0.1, -0.05) is 19.0 Å². The topological polar surface area (TPSA) is 68.5 Å². The Morgan fingerprint density at radius 1 is 1.39 bits per heavy atom. The number of hydrogen-bond donors (Lipinski definition) is 0. The lowest BCUT2D eigenvalue weighted by atomic mass is 10.1. The van der Waals surface area contributed by atoms with E-state index in [1.807, 2.05) is 4.90 Å². The van der Waals surface area contributed by atoms with Gasteiger partial charge in [-0.05, 0) is 31.1 Å². The van der Waals surface area contributed by atoms with Crippen LogP contribution < -0.4 is 0 Å². The van der Waals surface area contributed by atoms with Crippen LogP contribution in [0.25, 0.3) is 0 Å². The van der Waals surface area contributed by atoms with Crippen LogP contribution in [0.3, 0.4) is 0 Å². The Balaban J connectivity index is 1.43. The molecule has 0 aromatic carbocycles. The van der Waals surface area contributed by atoms with Gasteiger partial charge >= 0.3 is 0 Å². The van der Waals surface area contributed by atoms with Crippen LogP contribution in [0.2, 0.25) is 0 Å². The van der Waals surface area contributed by atoms with Crippen molar-refractivity contribution in [1.82, 2.24) is 15.0 Å². The third-order valence-electron chi connectivity index (χ3n) is 4.48. The zero-order chi connectivity index (χ0) is 16.2. The Kier molecular flexibility index (Phi) is 5.30. The Hall–Kier alpha value is -1.43. The van der Waals surface area contributed by atoms with Crippen molar-refractivity contribution >= 4 is 5.91 Å². The molecule has 3 rings (SSSR count). The summed E-state index contributed by atoms with van der Waals surface area (Å²) in [5, 5.41) is 4.04. The second-order valence-electron chi connectivity index (χ2n) is 7.24. The zero-order valence-electron chi connectivity index (χ0n) is 14.2. The standard InChI is InChI=1S/C17H27N3O3/c1-12(2)9-16(21)20-7-5-14(10-20)17-18-15(19-23-17)6-8-22-11-13-3-4-13/h12-14H,3-11H2,1-2H3. The quantitative estimate of drug-likeness (QED) is 0.688. The van der Waals surface area contributed by atoms with Gasteiger partial charge < -0.3 is 14.2 Å². The van der Waals surface area contributed by atoms with Gasteiger partial charge in [0.15, 0.2) is 5.82 Å². The number of ether oxygens (including phenoxy) is 1. The lowest BCUT2D eigenvalue weighted by Gasteiger charge is -2.16. The summed E-state index contributed by atoms with van der Waals surface area (Å²) in [5.41, 5.74) is 0. The molecule has 0 N–H and O–H groups in total. The van der Waals surface area contributed by atoms with Crippen LogP contribution in [-0.4, -0.2) is 47.3 Å². The predicted molar refractivity (Wildman–Crippen MR) is 84.9 cm³/mol. The normalized spacial score (nSPS) is 21.3. The first-order chi connectivity index (χ1) is 11.1. The second-order valence-corrected chi connectivity index (χ2v) is 7.24. The summed E-state index contributed by atoms with van der Waals surface area (Å²) in [6.07, 6.45) is 4.82. The molecular formula is C17H27N3O3. The fourth-order valence-corrected chi connectivity index (χ4v) is 2.90. The van der Waals surface area contributed by atoms with Gasteiger partial charge in [0.2, 0.25) is 11.8 Å². The highest BCUT2D eigenvalue weighted by Crippen LogP contribution is 2.29. The average molecular weight is 321 g/mol. The molecule has 1 saturated carbocycles. The van der Waals surface area contributed by atoms with E-state index >= 15 is 0 Å². The summed E-state index contributed by atoms with van der Waals surface area (Å²) in [6, 6.07) is 0. The maximum Gasteiger partial charge on any atom is 0.231 e. The predicted octanol–water partition coefficient (Wildman–Crippen LogP) is 2.40. The first kappa shape index (κ1) is 16.4. The maximum atomic E-state index is 12.1. The van der Waals surface area contributed by atoms with Crippen LogP contribution in [0, 0.1) is 11.8 Å². The van der Waals surface area contributed by atoms with E-state index in [4.69, 9.17) is 9.26 Å². The molecule has 0 bridgehead atoms. The summed E-state index contributed by atoms with van der Waals surface area (Å²) >= 11 is 0. The van der Waals surface area contributed by atoms with E-state index in [1.54, 1.807) is 0 Å². The molecule has 2 fully saturated rings. The molecule has 0 radical (unpaired) electrons. The van der Waals surface area contributed by atoms with Gasteiger partial charge in [-0.15, -0.1) is 0 Å². The first-order valence-corrected chi connectivity index (χ1v) is 8.80. The highest BCUT2D eigenvalue weighted by atomic mass is 16.5. The highest BCUT2D eigenvalue weighted by molar-refractivity contribution is 5.76. The molecule has 1 aliphatic carbocycles. The third kappa shape index (κ3) is 4.77. The Labute approximate surface area is 137 Å². The van der Waals surface area contributed by atoms with Crippen LogP contribution in [0.5, 0.6) is 0 Å². The summed E-state index contributed by atoms with van der Waals surface area (Å²) in [6.45, 7) is 7.14. The average Bonchev–Trinajstić information content (AvgIpc) is 3.01. The minimum absolute atomic E-state index is 0.180. The monoisotopic (exact) mass is 321 g/mol. The minimum atomic E-state index is 0.180. The Morgan fingerprint density at radius 3 is 2.96 bits per heavy atom. The largest absolute Gasteiger partial charge is 0.381 e. The molecule has 6 heteroatoms.